The summed E-state index contributed by atoms with van der Waals surface area (Å²) >= 11 is 0. The van der Waals surface area contributed by atoms with Gasteiger partial charge in [-0.1, -0.05) is 52.8 Å². The zero-order valence-corrected chi connectivity index (χ0v) is 18.2. The molecule has 1 heterocycles. The van der Waals surface area contributed by atoms with Crippen molar-refractivity contribution in [2.45, 2.75) is 53.9 Å². The zero-order valence-electron chi connectivity index (χ0n) is 18.2. The number of rotatable bonds is 5. The van der Waals surface area contributed by atoms with Crippen molar-refractivity contribution in [2.75, 3.05) is 13.2 Å². The van der Waals surface area contributed by atoms with E-state index >= 15 is 0 Å². The molecule has 0 aliphatic heterocycles. The van der Waals surface area contributed by atoms with E-state index < -0.39 is 5.97 Å². The van der Waals surface area contributed by atoms with Gasteiger partial charge in [0.2, 0.25) is 0 Å². The Morgan fingerprint density at radius 3 is 2.66 bits per heavy atom. The Labute approximate surface area is 173 Å². The van der Waals surface area contributed by atoms with Gasteiger partial charge in [0.1, 0.15) is 0 Å². The first-order valence-electron chi connectivity index (χ1n) is 10.5. The number of hydrogen-bond donors (Lipinski definition) is 1. The molecule has 29 heavy (non-hydrogen) atoms. The van der Waals surface area contributed by atoms with Crippen molar-refractivity contribution < 1.29 is 14.3 Å². The van der Waals surface area contributed by atoms with Crippen LogP contribution in [0.1, 0.15) is 62.7 Å². The van der Waals surface area contributed by atoms with Crippen LogP contribution in [0.25, 0.3) is 10.9 Å². The number of esters is 1. The predicted molar refractivity (Wildman–Crippen MR) is 115 cm³/mol. The zero-order chi connectivity index (χ0) is 21.2. The standard InChI is InChI=1S/C24H32N2O3/c1-15(2)13-25-21(27)14-29-23(28)22-17-8-6-7-9-19(17)26-20-11-10-16(12-18(20)22)24(3,4)5/h6-9,15-16H,10-14H2,1-5H3,(H,25,27)/t16-/m1/s1. The van der Waals surface area contributed by atoms with Crippen molar-refractivity contribution >= 4 is 22.8 Å². The molecule has 0 spiro atoms. The van der Waals surface area contributed by atoms with Crippen molar-refractivity contribution in [1.82, 2.24) is 10.3 Å². The number of para-hydroxylation sites is 1. The summed E-state index contributed by atoms with van der Waals surface area (Å²) < 4.78 is 5.44. The van der Waals surface area contributed by atoms with Crippen molar-refractivity contribution in [3.63, 3.8) is 0 Å². The number of aromatic nitrogens is 1. The van der Waals surface area contributed by atoms with Gasteiger partial charge in [0.15, 0.2) is 6.61 Å². The molecule has 0 fully saturated rings. The van der Waals surface area contributed by atoms with E-state index in [9.17, 15) is 9.59 Å². The average molecular weight is 397 g/mol. The second-order valence-corrected chi connectivity index (χ2v) is 9.51. The lowest BCUT2D eigenvalue weighted by atomic mass is 9.70. The lowest BCUT2D eigenvalue weighted by Gasteiger charge is -2.35. The lowest BCUT2D eigenvalue weighted by molar-refractivity contribution is -0.124. The Kier molecular flexibility index (Phi) is 6.25. The number of nitrogens with one attached hydrogen (secondary N) is 1. The van der Waals surface area contributed by atoms with Crippen LogP contribution in [0.15, 0.2) is 24.3 Å². The summed E-state index contributed by atoms with van der Waals surface area (Å²) in [6.45, 7) is 11.1. The summed E-state index contributed by atoms with van der Waals surface area (Å²) in [6.07, 6.45) is 2.73. The summed E-state index contributed by atoms with van der Waals surface area (Å²) in [7, 11) is 0. The molecule has 1 atom stereocenters. The molecule has 1 aromatic heterocycles. The van der Waals surface area contributed by atoms with E-state index in [-0.39, 0.29) is 17.9 Å². The van der Waals surface area contributed by atoms with Gasteiger partial charge < -0.3 is 10.1 Å². The van der Waals surface area contributed by atoms with E-state index in [0.717, 1.165) is 41.4 Å². The molecule has 0 bridgehead atoms. The minimum Gasteiger partial charge on any atom is -0.452 e. The second-order valence-electron chi connectivity index (χ2n) is 9.51. The molecule has 1 aliphatic rings. The summed E-state index contributed by atoms with van der Waals surface area (Å²) in [5.74, 6) is 0.111. The van der Waals surface area contributed by atoms with E-state index in [2.05, 4.69) is 26.1 Å². The van der Waals surface area contributed by atoms with Gasteiger partial charge in [-0.3, -0.25) is 9.78 Å². The number of carbonyl (C=O) groups is 2. The number of hydrogen-bond acceptors (Lipinski definition) is 4. The van der Waals surface area contributed by atoms with Gasteiger partial charge in [0, 0.05) is 17.6 Å². The molecule has 1 N–H and O–H groups in total. The third-order valence-electron chi connectivity index (χ3n) is 5.73. The minimum absolute atomic E-state index is 0.154. The highest BCUT2D eigenvalue weighted by Gasteiger charge is 2.33. The van der Waals surface area contributed by atoms with Gasteiger partial charge in [0.25, 0.3) is 5.91 Å². The second kappa shape index (κ2) is 8.52. The third kappa shape index (κ3) is 4.95. The van der Waals surface area contributed by atoms with E-state index in [0.29, 0.717) is 23.9 Å². The largest absolute Gasteiger partial charge is 0.452 e. The maximum atomic E-state index is 13.1. The average Bonchev–Trinajstić information content (AvgIpc) is 2.67. The van der Waals surface area contributed by atoms with Gasteiger partial charge in [0.05, 0.1) is 11.1 Å². The number of amides is 1. The molecule has 0 saturated carbocycles. The molecule has 0 unspecified atom stereocenters. The fraction of sp³-hybridized carbons (Fsp3) is 0.542. The monoisotopic (exact) mass is 396 g/mol. The van der Waals surface area contributed by atoms with E-state index in [4.69, 9.17) is 9.72 Å². The molecule has 1 aromatic carbocycles. The Balaban J connectivity index is 1.91. The van der Waals surface area contributed by atoms with Crippen LogP contribution in [-0.4, -0.2) is 30.0 Å². The topological polar surface area (TPSA) is 68.3 Å². The van der Waals surface area contributed by atoms with Gasteiger partial charge in [-0.2, -0.15) is 0 Å². The first kappa shape index (κ1) is 21.3. The summed E-state index contributed by atoms with van der Waals surface area (Å²) in [4.78, 5) is 30.0. The van der Waals surface area contributed by atoms with Gasteiger partial charge >= 0.3 is 5.97 Å². The van der Waals surface area contributed by atoms with Crippen molar-refractivity contribution in [3.8, 4) is 0 Å². The van der Waals surface area contributed by atoms with Crippen molar-refractivity contribution in [2.24, 2.45) is 17.3 Å². The number of ether oxygens (including phenoxy) is 1. The first-order valence-corrected chi connectivity index (χ1v) is 10.5. The fourth-order valence-electron chi connectivity index (χ4n) is 3.93. The minimum atomic E-state index is -0.436. The van der Waals surface area contributed by atoms with Crippen LogP contribution >= 0.6 is 0 Å². The molecular formula is C24H32N2O3. The van der Waals surface area contributed by atoms with Gasteiger partial charge in [-0.05, 0) is 48.1 Å². The smallest absolute Gasteiger partial charge is 0.339 e. The summed E-state index contributed by atoms with van der Waals surface area (Å²) in [5.41, 5.74) is 3.51. The molecule has 156 valence electrons. The van der Waals surface area contributed by atoms with E-state index in [1.54, 1.807) is 0 Å². The van der Waals surface area contributed by atoms with Gasteiger partial charge in [-0.15, -0.1) is 0 Å². The van der Waals surface area contributed by atoms with Crippen LogP contribution < -0.4 is 5.32 Å². The summed E-state index contributed by atoms with van der Waals surface area (Å²) in [5, 5.41) is 3.59. The molecule has 3 rings (SSSR count). The Bertz CT molecular complexity index is 912. The number of aryl methyl sites for hydroxylation is 1. The summed E-state index contributed by atoms with van der Waals surface area (Å²) in [6, 6.07) is 7.68. The third-order valence-corrected chi connectivity index (χ3v) is 5.73. The number of carbonyl (C=O) groups excluding carboxylic acids is 2. The Hall–Kier alpha value is -2.43. The predicted octanol–water partition coefficient (Wildman–Crippen LogP) is 4.31. The fourth-order valence-corrected chi connectivity index (χ4v) is 3.93. The molecule has 1 aliphatic carbocycles. The van der Waals surface area contributed by atoms with Crippen LogP contribution in [0.4, 0.5) is 0 Å². The lowest BCUT2D eigenvalue weighted by Crippen LogP contribution is -2.32. The van der Waals surface area contributed by atoms with Crippen molar-refractivity contribution in [1.29, 1.82) is 0 Å². The number of benzene rings is 1. The van der Waals surface area contributed by atoms with Crippen molar-refractivity contribution in [3.05, 3.63) is 41.1 Å². The molecule has 0 saturated heterocycles. The molecular weight excluding hydrogens is 364 g/mol. The van der Waals surface area contributed by atoms with E-state index in [1.807, 2.05) is 38.1 Å². The number of fused-ring (bicyclic) bond motifs is 2. The quantitative estimate of drug-likeness (QED) is 0.765. The molecule has 2 aromatic rings. The maximum Gasteiger partial charge on any atom is 0.339 e. The van der Waals surface area contributed by atoms with Gasteiger partial charge in [-0.25, -0.2) is 4.79 Å². The normalized spacial score (nSPS) is 16.6. The highest BCUT2D eigenvalue weighted by molar-refractivity contribution is 6.05. The number of nitrogens with zero attached hydrogens (tertiary/aromatic N) is 1. The van der Waals surface area contributed by atoms with Crippen LogP contribution in [0.5, 0.6) is 0 Å². The highest BCUT2D eigenvalue weighted by Crippen LogP contribution is 2.39. The Morgan fingerprint density at radius 2 is 1.97 bits per heavy atom. The Morgan fingerprint density at radius 1 is 1.24 bits per heavy atom. The first-order chi connectivity index (χ1) is 13.7. The van der Waals surface area contributed by atoms with E-state index in [1.165, 1.54) is 0 Å². The highest BCUT2D eigenvalue weighted by atomic mass is 16.5. The van der Waals surface area contributed by atoms with Crippen LogP contribution in [0.2, 0.25) is 0 Å². The molecule has 5 nitrogen and oxygen atoms in total. The maximum absolute atomic E-state index is 13.1. The van der Waals surface area contributed by atoms with Crippen LogP contribution in [0, 0.1) is 17.3 Å². The molecule has 1 amide bonds. The number of pyridine rings is 1. The SMILES string of the molecule is CC(C)CNC(=O)COC(=O)c1c2c(nc3ccccc13)CC[C@@H](C(C)(C)C)C2. The molecule has 5 heteroatoms. The molecule has 0 radical (unpaired) electrons. The van der Waals surface area contributed by atoms with Crippen LogP contribution in [-0.2, 0) is 22.4 Å². The van der Waals surface area contributed by atoms with Crippen LogP contribution in [0.3, 0.4) is 0 Å².